The second-order valence-electron chi connectivity index (χ2n) is 22.0. The van der Waals surface area contributed by atoms with Crippen LogP contribution in [-0.2, 0) is 0 Å². The molecule has 0 nitrogen and oxygen atoms in total. The largest absolute Gasteiger partial charge is 0.180 e. The van der Waals surface area contributed by atoms with E-state index < -0.39 is 8.07 Å². The Bertz CT molecular complexity index is 3690. The van der Waals surface area contributed by atoms with Gasteiger partial charge >= 0.3 is 0 Å². The Balaban J connectivity index is 1.41. The van der Waals surface area contributed by atoms with Crippen molar-refractivity contribution in [3.05, 3.63) is 331 Å². The van der Waals surface area contributed by atoms with Crippen LogP contribution in [0, 0.1) is 5.92 Å². The van der Waals surface area contributed by atoms with Crippen LogP contribution in [0.3, 0.4) is 0 Å². The zero-order chi connectivity index (χ0) is 55.6. The van der Waals surface area contributed by atoms with Gasteiger partial charge in [-0.05, 0) is 184 Å². The van der Waals surface area contributed by atoms with Crippen molar-refractivity contribution in [1.29, 1.82) is 0 Å². The third kappa shape index (κ3) is 9.33. The molecule has 0 aromatic heterocycles. The van der Waals surface area contributed by atoms with Crippen molar-refractivity contribution in [1.82, 2.24) is 0 Å². The van der Waals surface area contributed by atoms with Crippen LogP contribution < -0.4 is 15.6 Å². The highest BCUT2D eigenvalue weighted by molar-refractivity contribution is 7.19. The van der Waals surface area contributed by atoms with Crippen LogP contribution in [-0.4, -0.2) is 8.07 Å². The maximum Gasteiger partial charge on any atom is 0.180 e. The molecule has 1 aliphatic carbocycles. The summed E-state index contributed by atoms with van der Waals surface area (Å²) in [5.41, 5.74) is 25.7. The highest BCUT2D eigenvalue weighted by atomic mass is 28.3. The molecule has 13 rings (SSSR count). The van der Waals surface area contributed by atoms with Gasteiger partial charge < -0.3 is 0 Å². The summed E-state index contributed by atoms with van der Waals surface area (Å²) in [5, 5.41) is 5.62. The molecule has 1 aliphatic rings. The number of allylic oxidation sites excluding steroid dienone is 4. The summed E-state index contributed by atoms with van der Waals surface area (Å²) in [7, 11) is -4.10. The summed E-state index contributed by atoms with van der Waals surface area (Å²) in [4.78, 5) is 0. The molecule has 0 fully saturated rings. The van der Waals surface area contributed by atoms with Crippen molar-refractivity contribution >= 4 is 23.6 Å². The van der Waals surface area contributed by atoms with E-state index in [0.29, 0.717) is 0 Å². The van der Waals surface area contributed by atoms with Crippen molar-refractivity contribution in [2.45, 2.75) is 27.7 Å². The van der Waals surface area contributed by atoms with Crippen LogP contribution in [0.1, 0.15) is 27.7 Å². The van der Waals surface area contributed by atoms with Crippen molar-refractivity contribution in [2.24, 2.45) is 5.92 Å². The molecule has 0 amide bonds. The van der Waals surface area contributed by atoms with Gasteiger partial charge in [-0.1, -0.05) is 296 Å². The van der Waals surface area contributed by atoms with E-state index in [1.165, 1.54) is 138 Å². The van der Waals surface area contributed by atoms with Crippen LogP contribution in [0.5, 0.6) is 0 Å². The predicted molar refractivity (Wildman–Crippen MR) is 353 cm³/mol. The fraction of sp³-hybridized carbons (Fsp3) is 0.0617. The van der Waals surface area contributed by atoms with Crippen LogP contribution in [0.25, 0.3) is 100 Å². The minimum absolute atomic E-state index is 0.0507. The summed E-state index contributed by atoms with van der Waals surface area (Å²) in [6.45, 7) is 9.80. The Morgan fingerprint density at radius 1 is 0.220 bits per heavy atom. The first-order valence-electron chi connectivity index (χ1n) is 28.8. The topological polar surface area (TPSA) is 0 Å². The Morgan fingerprint density at radius 3 is 0.573 bits per heavy atom. The number of hydrogen-bond acceptors (Lipinski definition) is 0. The van der Waals surface area contributed by atoms with Gasteiger partial charge in [0, 0.05) is 0 Å². The van der Waals surface area contributed by atoms with E-state index in [2.05, 4.69) is 337 Å². The summed E-state index contributed by atoms with van der Waals surface area (Å²) in [6, 6.07) is 117. The lowest BCUT2D eigenvalue weighted by Crippen LogP contribution is -2.72. The average molecular weight is 1070 g/mol. The lowest BCUT2D eigenvalue weighted by molar-refractivity contribution is 0.852. The highest BCUT2D eigenvalue weighted by Crippen LogP contribution is 2.49. The minimum atomic E-state index is -4.10. The molecular formula is C81H64Si. The van der Waals surface area contributed by atoms with Gasteiger partial charge in [0.15, 0.2) is 8.07 Å². The van der Waals surface area contributed by atoms with Crippen LogP contribution in [0.4, 0.5) is 0 Å². The molecule has 82 heavy (non-hydrogen) atoms. The fourth-order valence-electron chi connectivity index (χ4n) is 13.4. The fourth-order valence-corrected chi connectivity index (χ4v) is 20.2. The molecule has 0 saturated carbocycles. The van der Waals surface area contributed by atoms with Crippen molar-refractivity contribution in [3.8, 4) is 100 Å². The Morgan fingerprint density at radius 2 is 0.402 bits per heavy atom. The van der Waals surface area contributed by atoms with Gasteiger partial charge in [0.25, 0.3) is 0 Å². The first kappa shape index (κ1) is 51.8. The predicted octanol–water partition coefficient (Wildman–Crippen LogP) is 20.0. The molecule has 1 unspecified atom stereocenters. The van der Waals surface area contributed by atoms with Gasteiger partial charge in [0.2, 0.25) is 0 Å². The summed E-state index contributed by atoms with van der Waals surface area (Å²) < 4.78 is 0. The van der Waals surface area contributed by atoms with Crippen molar-refractivity contribution < 1.29 is 0 Å². The molecular weight excluding hydrogens is 1000 g/mol. The zero-order valence-corrected chi connectivity index (χ0v) is 48.0. The molecule has 12 aromatic rings. The highest BCUT2D eigenvalue weighted by Gasteiger charge is 2.55. The average Bonchev–Trinajstić information content (AvgIpc) is 3.10. The summed E-state index contributed by atoms with van der Waals surface area (Å²) in [5.74, 6) is 0.0507. The monoisotopic (exact) mass is 1060 g/mol. The molecule has 0 radical (unpaired) electrons. The molecule has 1 atom stereocenters. The minimum Gasteiger partial charge on any atom is -0.0636 e. The van der Waals surface area contributed by atoms with Gasteiger partial charge in [-0.25, -0.2) is 0 Å². The third-order valence-electron chi connectivity index (χ3n) is 17.4. The lowest BCUT2D eigenvalue weighted by atomic mass is 9.92. The molecule has 0 N–H and O–H groups in total. The first-order chi connectivity index (χ1) is 40.4. The Labute approximate surface area is 485 Å². The first-order valence-corrected chi connectivity index (χ1v) is 30.8. The third-order valence-corrected chi connectivity index (χ3v) is 22.9. The van der Waals surface area contributed by atoms with E-state index in [-0.39, 0.29) is 5.92 Å². The molecule has 0 bridgehead atoms. The van der Waals surface area contributed by atoms with E-state index >= 15 is 0 Å². The standard InChI is InChI=1S/C81H64Si/c1-56-57(2)59(4)78(58(56)3)82(79-72(63-38-20-8-21-39-63)50-69(60-32-14-5-15-33-60)51-73(79)64-40-22-9-23-41-64,80-74(65-42-24-10-25-43-65)52-70(61-34-16-6-17-35-61)53-75(80)66-44-26-11-27-45-66)81-76(67-46-28-12-29-47-67)54-71(62-36-18-7-19-37-62)55-77(81)68-48-30-13-31-49-68/h5-55,58H,1-4H3. The Hall–Kier alpha value is -9.66. The number of hydrogen-bond donors (Lipinski definition) is 0. The van der Waals surface area contributed by atoms with Gasteiger partial charge in [-0.2, -0.15) is 0 Å². The molecule has 0 aliphatic heterocycles. The van der Waals surface area contributed by atoms with Gasteiger partial charge in [0.1, 0.15) is 0 Å². The second-order valence-corrected chi connectivity index (χ2v) is 25.5. The van der Waals surface area contributed by atoms with E-state index in [0.717, 1.165) is 0 Å². The van der Waals surface area contributed by atoms with Crippen molar-refractivity contribution in [3.63, 3.8) is 0 Å². The van der Waals surface area contributed by atoms with E-state index in [4.69, 9.17) is 0 Å². The van der Waals surface area contributed by atoms with Crippen LogP contribution >= 0.6 is 0 Å². The van der Waals surface area contributed by atoms with E-state index in [9.17, 15) is 0 Å². The van der Waals surface area contributed by atoms with Gasteiger partial charge in [-0.3, -0.25) is 0 Å². The number of rotatable bonds is 13. The van der Waals surface area contributed by atoms with Crippen LogP contribution in [0.15, 0.2) is 331 Å². The molecule has 0 saturated heterocycles. The molecule has 0 heterocycles. The number of benzene rings is 12. The Kier molecular flexibility index (Phi) is 14.2. The van der Waals surface area contributed by atoms with Gasteiger partial charge in [0.05, 0.1) is 0 Å². The van der Waals surface area contributed by atoms with Gasteiger partial charge in [-0.15, -0.1) is 0 Å². The SMILES string of the molecule is CC1=C(C)C(C)C([Si](c2c(-c3ccccc3)cc(-c3ccccc3)cc2-c2ccccc2)(c2c(-c3ccccc3)cc(-c3ccccc3)cc2-c2ccccc2)c2c(-c3ccccc3)cc(-c3ccccc3)cc2-c2ccccc2)=C1C. The maximum absolute atomic E-state index is 4.10. The quantitative estimate of drug-likeness (QED) is 0.0797. The molecule has 1 heteroatoms. The molecule has 0 spiro atoms. The molecule has 392 valence electrons. The lowest BCUT2D eigenvalue weighted by Gasteiger charge is -2.45. The van der Waals surface area contributed by atoms with Crippen molar-refractivity contribution in [2.75, 3.05) is 0 Å². The maximum atomic E-state index is 2.56. The zero-order valence-electron chi connectivity index (χ0n) is 47.0. The second kappa shape index (κ2) is 22.5. The normalized spacial score (nSPS) is 13.4. The summed E-state index contributed by atoms with van der Waals surface area (Å²) in [6.07, 6.45) is 0. The van der Waals surface area contributed by atoms with Crippen LogP contribution in [0.2, 0.25) is 0 Å². The molecule has 12 aromatic carbocycles. The summed E-state index contributed by atoms with van der Waals surface area (Å²) >= 11 is 0. The smallest absolute Gasteiger partial charge is 0.0636 e. The van der Waals surface area contributed by atoms with E-state index in [1.807, 2.05) is 0 Å². The van der Waals surface area contributed by atoms with E-state index in [1.54, 1.807) is 0 Å².